The lowest BCUT2D eigenvalue weighted by atomic mass is 10.0. The van der Waals surface area contributed by atoms with E-state index < -0.39 is 5.97 Å². The molecule has 17 heavy (non-hydrogen) atoms. The van der Waals surface area contributed by atoms with Crippen LogP contribution in [0.4, 0.5) is 0 Å². The van der Waals surface area contributed by atoms with Gasteiger partial charge in [0.1, 0.15) is 5.76 Å². The van der Waals surface area contributed by atoms with E-state index >= 15 is 0 Å². The first-order valence-electron chi connectivity index (χ1n) is 5.57. The van der Waals surface area contributed by atoms with Crippen molar-refractivity contribution in [2.24, 2.45) is 0 Å². The molecule has 1 aliphatic heterocycles. The van der Waals surface area contributed by atoms with E-state index in [1.165, 1.54) is 20.0 Å². The number of rotatable bonds is 3. The third-order valence-corrected chi connectivity index (χ3v) is 2.81. The Kier molecular flexibility index (Phi) is 5.44. The second-order valence-corrected chi connectivity index (χ2v) is 4.02. The highest BCUT2D eigenvalue weighted by atomic mass is 35.5. The van der Waals surface area contributed by atoms with Crippen molar-refractivity contribution in [2.45, 2.75) is 31.7 Å². The van der Waals surface area contributed by atoms with Crippen LogP contribution >= 0.6 is 12.4 Å². The Morgan fingerprint density at radius 2 is 2.47 bits per heavy atom. The van der Waals surface area contributed by atoms with Crippen LogP contribution in [0.1, 0.15) is 35.5 Å². The van der Waals surface area contributed by atoms with E-state index in [2.05, 4.69) is 15.2 Å². The average Bonchev–Trinajstić information content (AvgIpc) is 2.78. The van der Waals surface area contributed by atoms with Crippen molar-refractivity contribution >= 4 is 18.4 Å². The molecule has 0 amide bonds. The van der Waals surface area contributed by atoms with E-state index in [1.807, 2.05) is 0 Å². The van der Waals surface area contributed by atoms with Crippen LogP contribution in [0.3, 0.4) is 0 Å². The molecular weight excluding hydrogens is 244 g/mol. The number of carbonyl (C=O) groups excluding carboxylic acids is 1. The number of halogens is 1. The van der Waals surface area contributed by atoms with Crippen LogP contribution in [-0.4, -0.2) is 30.8 Å². The Hall–Kier alpha value is -1.07. The summed E-state index contributed by atoms with van der Waals surface area (Å²) in [4.78, 5) is 11.2. The summed E-state index contributed by atoms with van der Waals surface area (Å²) < 4.78 is 9.66. The van der Waals surface area contributed by atoms with Crippen molar-refractivity contribution in [3.8, 4) is 0 Å². The number of esters is 1. The van der Waals surface area contributed by atoms with Gasteiger partial charge in [-0.15, -0.1) is 12.4 Å². The Morgan fingerprint density at radius 3 is 3.12 bits per heavy atom. The Morgan fingerprint density at radius 1 is 1.65 bits per heavy atom. The summed E-state index contributed by atoms with van der Waals surface area (Å²) in [5.41, 5.74) is 0.244. The molecule has 2 heterocycles. The number of nitrogens with one attached hydrogen (secondary N) is 1. The van der Waals surface area contributed by atoms with E-state index in [-0.39, 0.29) is 18.1 Å². The Balaban J connectivity index is 0.00000144. The van der Waals surface area contributed by atoms with Crippen LogP contribution in [-0.2, 0) is 11.2 Å². The van der Waals surface area contributed by atoms with Gasteiger partial charge in [0.15, 0.2) is 5.69 Å². The molecule has 2 rings (SSSR count). The number of aromatic nitrogens is 1. The first-order valence-corrected chi connectivity index (χ1v) is 5.57. The summed E-state index contributed by atoms with van der Waals surface area (Å²) in [5.74, 6) is 0.284. The quantitative estimate of drug-likeness (QED) is 0.836. The van der Waals surface area contributed by atoms with Crippen molar-refractivity contribution in [3.63, 3.8) is 0 Å². The van der Waals surface area contributed by atoms with Crippen LogP contribution in [0, 0.1) is 0 Å². The van der Waals surface area contributed by atoms with Crippen LogP contribution in [0.2, 0.25) is 0 Å². The molecule has 1 unspecified atom stereocenters. The Bertz CT molecular complexity index is 361. The minimum absolute atomic E-state index is 0. The minimum atomic E-state index is -0.452. The van der Waals surface area contributed by atoms with Crippen LogP contribution < -0.4 is 5.32 Å². The molecule has 0 aromatic carbocycles. The number of ether oxygens (including phenoxy) is 1. The molecule has 1 saturated heterocycles. The maximum atomic E-state index is 11.2. The maximum Gasteiger partial charge on any atom is 0.360 e. The molecule has 1 aromatic heterocycles. The van der Waals surface area contributed by atoms with Gasteiger partial charge >= 0.3 is 5.97 Å². The smallest absolute Gasteiger partial charge is 0.360 e. The lowest BCUT2D eigenvalue weighted by molar-refractivity contribution is 0.0589. The third kappa shape index (κ3) is 3.71. The molecule has 0 spiro atoms. The molecule has 5 nitrogen and oxygen atoms in total. The molecule has 6 heteroatoms. The van der Waals surface area contributed by atoms with Gasteiger partial charge in [0.2, 0.25) is 0 Å². The van der Waals surface area contributed by atoms with E-state index in [4.69, 9.17) is 4.52 Å². The number of carbonyl (C=O) groups is 1. The van der Waals surface area contributed by atoms with Gasteiger partial charge in [-0.05, 0) is 19.4 Å². The molecule has 0 aliphatic carbocycles. The zero-order valence-corrected chi connectivity index (χ0v) is 10.6. The minimum Gasteiger partial charge on any atom is -0.464 e. The third-order valence-electron chi connectivity index (χ3n) is 2.81. The first kappa shape index (κ1) is 14.0. The fourth-order valence-corrected chi connectivity index (χ4v) is 1.95. The molecular formula is C11H17ClN2O3. The van der Waals surface area contributed by atoms with Gasteiger partial charge in [0, 0.05) is 18.5 Å². The molecule has 1 aliphatic rings. The van der Waals surface area contributed by atoms with E-state index in [0.717, 1.165) is 25.1 Å². The summed E-state index contributed by atoms with van der Waals surface area (Å²) >= 11 is 0. The molecule has 1 aromatic rings. The summed E-state index contributed by atoms with van der Waals surface area (Å²) in [6.45, 7) is 1.06. The zero-order chi connectivity index (χ0) is 11.4. The van der Waals surface area contributed by atoms with Gasteiger partial charge in [-0.3, -0.25) is 0 Å². The van der Waals surface area contributed by atoms with Crippen molar-refractivity contribution < 1.29 is 14.1 Å². The lowest BCUT2D eigenvalue weighted by Crippen LogP contribution is -2.35. The monoisotopic (exact) mass is 260 g/mol. The predicted molar refractivity (Wildman–Crippen MR) is 64.4 cm³/mol. The van der Waals surface area contributed by atoms with Gasteiger partial charge in [-0.25, -0.2) is 4.79 Å². The largest absolute Gasteiger partial charge is 0.464 e. The van der Waals surface area contributed by atoms with Crippen molar-refractivity contribution in [3.05, 3.63) is 17.5 Å². The zero-order valence-electron chi connectivity index (χ0n) is 9.77. The Labute approximate surface area is 106 Å². The van der Waals surface area contributed by atoms with Gasteiger partial charge in [0.05, 0.1) is 7.11 Å². The summed E-state index contributed by atoms with van der Waals surface area (Å²) in [6.07, 6.45) is 4.41. The maximum absolute atomic E-state index is 11.2. The van der Waals surface area contributed by atoms with Crippen LogP contribution in [0.15, 0.2) is 10.6 Å². The number of hydrogen-bond acceptors (Lipinski definition) is 5. The van der Waals surface area contributed by atoms with E-state index in [9.17, 15) is 4.79 Å². The standard InChI is InChI=1S/C11H16N2O3.ClH/c1-15-11(14)10-7-9(16-13-10)6-8-4-2-3-5-12-8;/h7-8,12H,2-6H2,1H3;1H. The molecule has 0 bridgehead atoms. The van der Waals surface area contributed by atoms with Gasteiger partial charge < -0.3 is 14.6 Å². The predicted octanol–water partition coefficient (Wildman–Crippen LogP) is 1.57. The van der Waals surface area contributed by atoms with Crippen molar-refractivity contribution in [1.82, 2.24) is 10.5 Å². The summed E-state index contributed by atoms with van der Waals surface area (Å²) in [5, 5.41) is 7.09. The van der Waals surface area contributed by atoms with Crippen LogP contribution in [0.5, 0.6) is 0 Å². The molecule has 1 atom stereocenters. The molecule has 1 fully saturated rings. The number of hydrogen-bond donors (Lipinski definition) is 1. The van der Waals surface area contributed by atoms with Gasteiger partial charge in [-0.1, -0.05) is 11.6 Å². The lowest BCUT2D eigenvalue weighted by Gasteiger charge is -2.21. The second-order valence-electron chi connectivity index (χ2n) is 4.02. The summed E-state index contributed by atoms with van der Waals surface area (Å²) in [6, 6.07) is 2.09. The molecule has 96 valence electrons. The first-order chi connectivity index (χ1) is 7.79. The van der Waals surface area contributed by atoms with Crippen molar-refractivity contribution in [1.29, 1.82) is 0 Å². The summed E-state index contributed by atoms with van der Waals surface area (Å²) in [7, 11) is 1.33. The molecule has 0 radical (unpaired) electrons. The number of methoxy groups -OCH3 is 1. The van der Waals surface area contributed by atoms with Gasteiger partial charge in [0.25, 0.3) is 0 Å². The fraction of sp³-hybridized carbons (Fsp3) is 0.636. The fourth-order valence-electron chi connectivity index (χ4n) is 1.95. The van der Waals surface area contributed by atoms with E-state index in [0.29, 0.717) is 6.04 Å². The van der Waals surface area contributed by atoms with Gasteiger partial charge in [-0.2, -0.15) is 0 Å². The van der Waals surface area contributed by atoms with E-state index in [1.54, 1.807) is 6.07 Å². The average molecular weight is 261 g/mol. The SMILES string of the molecule is COC(=O)c1cc(CC2CCCCN2)on1.Cl. The van der Waals surface area contributed by atoms with Crippen LogP contribution in [0.25, 0.3) is 0 Å². The molecule has 1 N–H and O–H groups in total. The number of nitrogens with zero attached hydrogens (tertiary/aromatic N) is 1. The molecule has 0 saturated carbocycles. The second kappa shape index (κ2) is 6.61. The highest BCUT2D eigenvalue weighted by molar-refractivity contribution is 5.86. The normalized spacial score (nSPS) is 19.5. The van der Waals surface area contributed by atoms with Crippen molar-refractivity contribution in [2.75, 3.05) is 13.7 Å². The topological polar surface area (TPSA) is 64.4 Å². The highest BCUT2D eigenvalue weighted by Crippen LogP contribution is 2.13. The highest BCUT2D eigenvalue weighted by Gasteiger charge is 2.18. The number of piperidine rings is 1.